The van der Waals surface area contributed by atoms with Crippen molar-refractivity contribution in [1.82, 2.24) is 15.0 Å². The number of H-pyrrole nitrogens is 1. The van der Waals surface area contributed by atoms with Gasteiger partial charge in [-0.1, -0.05) is 19.3 Å². The van der Waals surface area contributed by atoms with Gasteiger partial charge in [-0.15, -0.1) is 0 Å². The quantitative estimate of drug-likeness (QED) is 0.533. The van der Waals surface area contributed by atoms with Crippen LogP contribution in [0.2, 0.25) is 0 Å². The van der Waals surface area contributed by atoms with Crippen molar-refractivity contribution >= 4 is 21.8 Å². The fourth-order valence-electron chi connectivity index (χ4n) is 4.27. The predicted molar refractivity (Wildman–Crippen MR) is 133 cm³/mol. The lowest BCUT2D eigenvalue weighted by atomic mass is 9.85. The lowest BCUT2D eigenvalue weighted by Gasteiger charge is -2.24. The number of rotatable bonds is 6. The SMILES string of the molecule is COc1ccc2nc([S@@](=O)Cc3ncc(C)c(OC)c3C)[nH]c2c1.C[C@@H](N)C1CCCCC1. The number of imidazole rings is 1. The number of methoxy groups -OCH3 is 2. The minimum atomic E-state index is -1.33. The van der Waals surface area contributed by atoms with E-state index in [4.69, 9.17) is 15.2 Å². The van der Waals surface area contributed by atoms with Gasteiger partial charge < -0.3 is 20.2 Å². The van der Waals surface area contributed by atoms with E-state index in [2.05, 4.69) is 21.9 Å². The molecule has 0 spiro atoms. The number of aryl methyl sites for hydroxylation is 1. The summed E-state index contributed by atoms with van der Waals surface area (Å²) < 4.78 is 23.3. The van der Waals surface area contributed by atoms with E-state index in [1.165, 1.54) is 32.1 Å². The van der Waals surface area contributed by atoms with Gasteiger partial charge in [0.15, 0.2) is 5.16 Å². The van der Waals surface area contributed by atoms with Crippen molar-refractivity contribution in [1.29, 1.82) is 0 Å². The van der Waals surface area contributed by atoms with Crippen LogP contribution in [0.3, 0.4) is 0 Å². The number of nitrogens with zero attached hydrogens (tertiary/aromatic N) is 2. The summed E-state index contributed by atoms with van der Waals surface area (Å²) in [4.78, 5) is 11.9. The summed E-state index contributed by atoms with van der Waals surface area (Å²) in [5.74, 6) is 2.62. The standard InChI is InChI=1S/C17H19N3O3S.C8H17N/c1-10-8-18-15(11(2)16(10)23-4)9-24(21)17-19-13-6-5-12(22-3)7-14(13)20-17;1-7(9)8-5-3-2-4-6-8/h5-8H,9H2,1-4H3,(H,19,20);7-8H,2-6,9H2,1H3/t24-;7-/m01/s1. The smallest absolute Gasteiger partial charge is 0.197 e. The molecule has 0 amide bonds. The van der Waals surface area contributed by atoms with Gasteiger partial charge in [0.1, 0.15) is 11.5 Å². The normalized spacial score (nSPS) is 16.1. The minimum absolute atomic E-state index is 0.277. The molecule has 8 heteroatoms. The lowest BCUT2D eigenvalue weighted by molar-refractivity contribution is 0.316. The van der Waals surface area contributed by atoms with Crippen molar-refractivity contribution < 1.29 is 13.7 Å². The zero-order valence-electron chi connectivity index (χ0n) is 20.3. The molecule has 0 saturated heterocycles. The third-order valence-electron chi connectivity index (χ3n) is 6.29. The molecule has 1 saturated carbocycles. The molecular formula is C25H36N4O3S. The Bertz CT molecular complexity index is 1090. The zero-order chi connectivity index (χ0) is 24.0. The second kappa shape index (κ2) is 11.6. The average Bonchev–Trinajstić information content (AvgIpc) is 3.26. The molecule has 7 nitrogen and oxygen atoms in total. The number of aromatic nitrogens is 3. The highest BCUT2D eigenvalue weighted by molar-refractivity contribution is 7.84. The van der Waals surface area contributed by atoms with Crippen LogP contribution in [-0.2, 0) is 16.6 Å². The summed E-state index contributed by atoms with van der Waals surface area (Å²) in [5, 5.41) is 0.430. The fourth-order valence-corrected chi connectivity index (χ4v) is 5.37. The number of ether oxygens (including phenoxy) is 2. The molecular weight excluding hydrogens is 436 g/mol. The molecule has 0 unspecified atom stereocenters. The largest absolute Gasteiger partial charge is 0.497 e. The zero-order valence-corrected chi connectivity index (χ0v) is 21.1. The number of fused-ring (bicyclic) bond motifs is 1. The van der Waals surface area contributed by atoms with Crippen molar-refractivity contribution in [2.24, 2.45) is 11.7 Å². The summed E-state index contributed by atoms with van der Waals surface area (Å²) in [6.07, 6.45) is 8.73. The van der Waals surface area contributed by atoms with Gasteiger partial charge in [-0.25, -0.2) is 4.98 Å². The second-order valence-corrected chi connectivity index (χ2v) is 10.1. The monoisotopic (exact) mass is 472 g/mol. The van der Waals surface area contributed by atoms with Crippen LogP contribution >= 0.6 is 0 Å². The van der Waals surface area contributed by atoms with Crippen LogP contribution in [0.4, 0.5) is 0 Å². The molecule has 0 aliphatic heterocycles. The Morgan fingerprint density at radius 3 is 2.52 bits per heavy atom. The van der Waals surface area contributed by atoms with Crippen LogP contribution in [0.1, 0.15) is 55.8 Å². The molecule has 1 aliphatic rings. The molecule has 1 fully saturated rings. The average molecular weight is 473 g/mol. The number of benzene rings is 1. The third-order valence-corrected chi connectivity index (χ3v) is 7.45. The number of aromatic amines is 1. The Balaban J connectivity index is 0.000000286. The number of hydrogen-bond acceptors (Lipinski definition) is 6. The highest BCUT2D eigenvalue weighted by atomic mass is 32.2. The Morgan fingerprint density at radius 1 is 1.18 bits per heavy atom. The van der Waals surface area contributed by atoms with Gasteiger partial charge in [0.25, 0.3) is 0 Å². The molecule has 1 aliphatic carbocycles. The predicted octanol–water partition coefficient (Wildman–Crippen LogP) is 4.81. The van der Waals surface area contributed by atoms with E-state index in [1.54, 1.807) is 20.4 Å². The highest BCUT2D eigenvalue weighted by Crippen LogP contribution is 2.27. The second-order valence-electron chi connectivity index (χ2n) is 8.72. The maximum atomic E-state index is 12.7. The van der Waals surface area contributed by atoms with Gasteiger partial charge in [-0.3, -0.25) is 9.19 Å². The number of hydrogen-bond donors (Lipinski definition) is 2. The van der Waals surface area contributed by atoms with Gasteiger partial charge >= 0.3 is 0 Å². The van der Waals surface area contributed by atoms with Crippen LogP contribution in [-0.4, -0.2) is 39.4 Å². The molecule has 0 bridgehead atoms. The van der Waals surface area contributed by atoms with E-state index in [0.717, 1.165) is 45.3 Å². The molecule has 33 heavy (non-hydrogen) atoms. The van der Waals surface area contributed by atoms with Crippen LogP contribution in [0.25, 0.3) is 11.0 Å². The van der Waals surface area contributed by atoms with Crippen molar-refractivity contribution in [3.8, 4) is 11.5 Å². The number of nitrogens with two attached hydrogens (primary N) is 1. The summed E-state index contributed by atoms with van der Waals surface area (Å²) in [6.45, 7) is 6.00. The van der Waals surface area contributed by atoms with Gasteiger partial charge in [-0.2, -0.15) is 0 Å². The Morgan fingerprint density at radius 2 is 1.91 bits per heavy atom. The van der Waals surface area contributed by atoms with E-state index in [9.17, 15) is 4.21 Å². The molecule has 3 N–H and O–H groups in total. The number of nitrogens with one attached hydrogen (secondary N) is 1. The van der Waals surface area contributed by atoms with Crippen molar-refractivity contribution in [3.63, 3.8) is 0 Å². The van der Waals surface area contributed by atoms with E-state index in [-0.39, 0.29) is 5.75 Å². The van der Waals surface area contributed by atoms with Gasteiger partial charge in [0, 0.05) is 29.4 Å². The lowest BCUT2D eigenvalue weighted by Crippen LogP contribution is -2.27. The summed E-state index contributed by atoms with van der Waals surface area (Å²) in [5.41, 5.74) is 9.93. The van der Waals surface area contributed by atoms with Gasteiger partial charge in [0.05, 0.1) is 47.5 Å². The first-order valence-electron chi connectivity index (χ1n) is 11.5. The van der Waals surface area contributed by atoms with E-state index < -0.39 is 10.8 Å². The van der Waals surface area contributed by atoms with Crippen LogP contribution in [0.5, 0.6) is 11.5 Å². The van der Waals surface area contributed by atoms with Crippen LogP contribution in [0, 0.1) is 19.8 Å². The molecule has 180 valence electrons. The first-order chi connectivity index (χ1) is 15.8. The van der Waals surface area contributed by atoms with Crippen LogP contribution in [0.15, 0.2) is 29.6 Å². The summed E-state index contributed by atoms with van der Waals surface area (Å²) >= 11 is 0. The fraction of sp³-hybridized carbons (Fsp3) is 0.520. The summed E-state index contributed by atoms with van der Waals surface area (Å²) in [6, 6.07) is 5.93. The summed E-state index contributed by atoms with van der Waals surface area (Å²) in [7, 11) is 1.91. The maximum absolute atomic E-state index is 12.7. The molecule has 0 radical (unpaired) electrons. The van der Waals surface area contributed by atoms with E-state index in [0.29, 0.717) is 11.2 Å². The topological polar surface area (TPSA) is 103 Å². The first kappa shape index (κ1) is 25.2. The van der Waals surface area contributed by atoms with Crippen LogP contribution < -0.4 is 15.2 Å². The van der Waals surface area contributed by atoms with Gasteiger partial charge in [0.2, 0.25) is 0 Å². The maximum Gasteiger partial charge on any atom is 0.197 e. The highest BCUT2D eigenvalue weighted by Gasteiger charge is 2.17. The van der Waals surface area contributed by atoms with E-state index in [1.807, 2.05) is 32.0 Å². The number of pyridine rings is 1. The minimum Gasteiger partial charge on any atom is -0.497 e. The molecule has 2 heterocycles. The Hall–Kier alpha value is -2.45. The molecule has 2 atom stereocenters. The van der Waals surface area contributed by atoms with Crippen molar-refractivity contribution in [2.45, 2.75) is 69.8 Å². The molecule has 2 aromatic heterocycles. The third kappa shape index (κ3) is 6.32. The first-order valence-corrected chi connectivity index (χ1v) is 12.8. The Kier molecular flexibility index (Phi) is 8.86. The molecule has 1 aromatic carbocycles. The Labute approximate surface area is 199 Å². The van der Waals surface area contributed by atoms with Crippen molar-refractivity contribution in [3.05, 3.63) is 41.2 Å². The van der Waals surface area contributed by atoms with Gasteiger partial charge in [-0.05, 0) is 51.7 Å². The molecule has 3 aromatic rings. The van der Waals surface area contributed by atoms with Crippen molar-refractivity contribution in [2.75, 3.05) is 14.2 Å². The molecule has 4 rings (SSSR count). The van der Waals surface area contributed by atoms with E-state index >= 15 is 0 Å².